The monoisotopic (exact) mass is 360 g/mol. The number of hydrogen-bond acceptors (Lipinski definition) is 4. The number of rotatable bonds is 4. The number of ether oxygens (including phenoxy) is 1. The van der Waals surface area contributed by atoms with E-state index in [2.05, 4.69) is 10.0 Å². The van der Waals surface area contributed by atoms with E-state index in [1.165, 1.54) is 6.08 Å². The quantitative estimate of drug-likeness (QED) is 0.865. The molecule has 1 atom stereocenters. The second-order valence-corrected chi connectivity index (χ2v) is 7.45. The molecule has 0 aromatic heterocycles. The highest BCUT2D eigenvalue weighted by Gasteiger charge is 2.24. The average Bonchev–Trinajstić information content (AvgIpc) is 2.46. The lowest BCUT2D eigenvalue weighted by atomic mass is 9.97. The van der Waals surface area contributed by atoms with Gasteiger partial charge in [-0.2, -0.15) is 0 Å². The van der Waals surface area contributed by atoms with Crippen molar-refractivity contribution < 1.29 is 26.7 Å². The van der Waals surface area contributed by atoms with Gasteiger partial charge in [-0.05, 0) is 18.1 Å². The van der Waals surface area contributed by atoms with E-state index < -0.39 is 33.7 Å². The van der Waals surface area contributed by atoms with Crippen LogP contribution in [0, 0.1) is 17.6 Å². The van der Waals surface area contributed by atoms with Gasteiger partial charge < -0.3 is 4.74 Å². The summed E-state index contributed by atoms with van der Waals surface area (Å²) in [6.07, 6.45) is 0.415. The molecule has 1 aliphatic heterocycles. The zero-order valence-corrected chi connectivity index (χ0v) is 14.0. The molecule has 9 heteroatoms. The first-order chi connectivity index (χ1) is 11.2. The molecule has 1 aromatic carbocycles. The maximum Gasteiger partial charge on any atom is 0.411 e. The van der Waals surface area contributed by atoms with Gasteiger partial charge in [0.05, 0.1) is 6.61 Å². The Morgan fingerprint density at radius 2 is 2.00 bits per heavy atom. The van der Waals surface area contributed by atoms with E-state index in [1.54, 1.807) is 0 Å². The Morgan fingerprint density at radius 3 is 2.50 bits per heavy atom. The molecule has 0 radical (unpaired) electrons. The van der Waals surface area contributed by atoms with Crippen LogP contribution in [0.4, 0.5) is 19.3 Å². The van der Waals surface area contributed by atoms with Crippen LogP contribution in [0.1, 0.15) is 25.3 Å². The van der Waals surface area contributed by atoms with E-state index in [4.69, 9.17) is 4.74 Å². The van der Waals surface area contributed by atoms with Gasteiger partial charge in [-0.1, -0.05) is 19.9 Å². The van der Waals surface area contributed by atoms with E-state index in [-0.39, 0.29) is 30.3 Å². The summed E-state index contributed by atoms with van der Waals surface area (Å²) in [7, 11) is -3.54. The summed E-state index contributed by atoms with van der Waals surface area (Å²) >= 11 is 0. The Morgan fingerprint density at radius 1 is 1.38 bits per heavy atom. The van der Waals surface area contributed by atoms with Crippen LogP contribution in [0.2, 0.25) is 0 Å². The summed E-state index contributed by atoms with van der Waals surface area (Å²) in [4.78, 5) is 11.5. The van der Waals surface area contributed by atoms with Gasteiger partial charge in [0.15, 0.2) is 0 Å². The van der Waals surface area contributed by atoms with Crippen LogP contribution < -0.4 is 10.0 Å². The number of carbonyl (C=O) groups excluding carboxylic acids is 1. The lowest BCUT2D eigenvalue weighted by molar-refractivity contribution is 0.147. The Hall–Kier alpha value is -2.00. The summed E-state index contributed by atoms with van der Waals surface area (Å²) in [5.41, 5.74) is -0.349. The van der Waals surface area contributed by atoms with Crippen LogP contribution in [0.15, 0.2) is 23.6 Å². The average molecular weight is 360 g/mol. The third kappa shape index (κ3) is 4.75. The van der Waals surface area contributed by atoms with Crippen molar-refractivity contribution in [2.24, 2.45) is 5.92 Å². The van der Waals surface area contributed by atoms with Crippen LogP contribution in [0.5, 0.6) is 0 Å². The van der Waals surface area contributed by atoms with E-state index in [1.807, 2.05) is 13.8 Å². The summed E-state index contributed by atoms with van der Waals surface area (Å²) < 4.78 is 58.0. The maximum absolute atomic E-state index is 14.2. The fourth-order valence-electron chi connectivity index (χ4n) is 2.13. The number of nitrogens with one attached hydrogen (secondary N) is 2. The molecular formula is C15H18F2N2O4S. The van der Waals surface area contributed by atoms with Gasteiger partial charge in [-0.25, -0.2) is 26.7 Å². The molecule has 1 amide bonds. The highest BCUT2D eigenvalue weighted by Crippen LogP contribution is 2.28. The Labute approximate surface area is 138 Å². The van der Waals surface area contributed by atoms with Gasteiger partial charge >= 0.3 is 6.09 Å². The second-order valence-electron chi connectivity index (χ2n) is 5.80. The van der Waals surface area contributed by atoms with Crippen molar-refractivity contribution in [1.82, 2.24) is 4.72 Å². The number of amides is 1. The first kappa shape index (κ1) is 18.3. The molecule has 0 bridgehead atoms. The van der Waals surface area contributed by atoms with Gasteiger partial charge in [0.25, 0.3) is 0 Å². The minimum absolute atomic E-state index is 0.0807. The molecule has 2 rings (SSSR count). The van der Waals surface area contributed by atoms with Crippen LogP contribution in [0.25, 0.3) is 0 Å². The van der Waals surface area contributed by atoms with Crippen molar-refractivity contribution in [3.63, 3.8) is 0 Å². The molecule has 1 heterocycles. The predicted octanol–water partition coefficient (Wildman–Crippen LogP) is 2.70. The molecule has 0 spiro atoms. The standard InChI is InChI=1S/C15H18F2N2O4S/c1-9(2)8-23-15(20)19-11-5-12(16)14(13(17)6-11)10-3-4-24(21,22)18-7-10/h3-6,9-10,18H,7-8H2,1-2H3,(H,19,20). The van der Waals surface area contributed by atoms with Crippen molar-refractivity contribution in [1.29, 1.82) is 0 Å². The zero-order chi connectivity index (χ0) is 17.9. The summed E-state index contributed by atoms with van der Waals surface area (Å²) in [5.74, 6) is -2.40. The normalized spacial score (nSPS) is 19.3. The Bertz CT molecular complexity index is 740. The van der Waals surface area contributed by atoms with Crippen molar-refractivity contribution in [2.75, 3.05) is 18.5 Å². The van der Waals surface area contributed by atoms with E-state index in [9.17, 15) is 22.0 Å². The van der Waals surface area contributed by atoms with Crippen molar-refractivity contribution in [3.05, 3.63) is 40.8 Å². The number of hydrogen-bond donors (Lipinski definition) is 2. The maximum atomic E-state index is 14.2. The van der Waals surface area contributed by atoms with Gasteiger partial charge in [0, 0.05) is 29.1 Å². The van der Waals surface area contributed by atoms with Crippen LogP contribution in [-0.2, 0) is 14.8 Å². The van der Waals surface area contributed by atoms with E-state index in [0.29, 0.717) is 0 Å². The molecule has 24 heavy (non-hydrogen) atoms. The number of anilines is 1. The number of halogens is 2. The van der Waals surface area contributed by atoms with Gasteiger partial charge in [-0.3, -0.25) is 5.32 Å². The predicted molar refractivity (Wildman–Crippen MR) is 85.0 cm³/mol. The molecule has 1 aromatic rings. The van der Waals surface area contributed by atoms with Crippen molar-refractivity contribution in [2.45, 2.75) is 19.8 Å². The van der Waals surface area contributed by atoms with Crippen LogP contribution in [0.3, 0.4) is 0 Å². The van der Waals surface area contributed by atoms with Gasteiger partial charge in [0.2, 0.25) is 10.0 Å². The molecule has 6 nitrogen and oxygen atoms in total. The number of benzene rings is 1. The number of carbonyl (C=O) groups is 1. The zero-order valence-electron chi connectivity index (χ0n) is 13.2. The van der Waals surface area contributed by atoms with Crippen molar-refractivity contribution in [3.8, 4) is 0 Å². The molecule has 0 saturated carbocycles. The third-order valence-electron chi connectivity index (χ3n) is 3.24. The Balaban J connectivity index is 2.16. The molecule has 1 unspecified atom stereocenters. The second kappa shape index (κ2) is 7.27. The van der Waals surface area contributed by atoms with Gasteiger partial charge in [0.1, 0.15) is 11.6 Å². The summed E-state index contributed by atoms with van der Waals surface area (Å²) in [6.45, 7) is 3.75. The number of sulfonamides is 1. The molecular weight excluding hydrogens is 342 g/mol. The molecule has 2 N–H and O–H groups in total. The molecule has 0 saturated heterocycles. The topological polar surface area (TPSA) is 84.5 Å². The molecule has 132 valence electrons. The van der Waals surface area contributed by atoms with E-state index >= 15 is 0 Å². The lowest BCUT2D eigenvalue weighted by Gasteiger charge is -2.19. The summed E-state index contributed by atoms with van der Waals surface area (Å²) in [5, 5.41) is 3.12. The minimum Gasteiger partial charge on any atom is -0.449 e. The van der Waals surface area contributed by atoms with Crippen LogP contribution >= 0.6 is 0 Å². The summed E-state index contributed by atoms with van der Waals surface area (Å²) in [6, 6.07) is 1.93. The fraction of sp³-hybridized carbons (Fsp3) is 0.400. The first-order valence-electron chi connectivity index (χ1n) is 7.28. The first-order valence-corrected chi connectivity index (χ1v) is 8.83. The fourth-order valence-corrected chi connectivity index (χ4v) is 3.03. The SMILES string of the molecule is CC(C)COC(=O)Nc1cc(F)c(C2C=CS(=O)(=O)NC2)c(F)c1. The largest absolute Gasteiger partial charge is 0.449 e. The Kier molecular flexibility index (Phi) is 5.55. The van der Waals surface area contributed by atoms with Gasteiger partial charge in [-0.15, -0.1) is 0 Å². The minimum atomic E-state index is -3.54. The van der Waals surface area contributed by atoms with Crippen molar-refractivity contribution >= 4 is 21.8 Å². The third-order valence-corrected chi connectivity index (χ3v) is 4.32. The van der Waals surface area contributed by atoms with Crippen LogP contribution in [-0.4, -0.2) is 27.7 Å². The molecule has 1 aliphatic rings. The molecule has 0 aliphatic carbocycles. The molecule has 0 fully saturated rings. The smallest absolute Gasteiger partial charge is 0.411 e. The lowest BCUT2D eigenvalue weighted by Crippen LogP contribution is -2.30. The van der Waals surface area contributed by atoms with E-state index in [0.717, 1.165) is 17.5 Å². The highest BCUT2D eigenvalue weighted by molar-refractivity contribution is 7.92. The highest BCUT2D eigenvalue weighted by atomic mass is 32.2.